The summed E-state index contributed by atoms with van der Waals surface area (Å²) in [4.78, 5) is 11.6. The first-order valence-electron chi connectivity index (χ1n) is 6.01. The number of aromatic nitrogens is 4. The molecule has 0 atom stereocenters. The molecule has 0 saturated carbocycles. The number of carbonyl (C=O) groups is 1. The number of halogens is 3. The predicted molar refractivity (Wildman–Crippen MR) is 64.3 cm³/mol. The minimum Gasteiger partial charge on any atom is -0.460 e. The number of rotatable bonds is 4. The molecule has 0 radical (unpaired) electrons. The molecule has 1 heterocycles. The Kier molecular flexibility index (Phi) is 4.20. The molecule has 1 aromatic carbocycles. The molecule has 0 fully saturated rings. The second kappa shape index (κ2) is 5.90. The van der Waals surface area contributed by atoms with Gasteiger partial charge in [0.15, 0.2) is 0 Å². The van der Waals surface area contributed by atoms with Gasteiger partial charge in [-0.2, -0.15) is 13.2 Å². The number of esters is 1. The van der Waals surface area contributed by atoms with Gasteiger partial charge in [0.2, 0.25) is 0 Å². The van der Waals surface area contributed by atoms with Crippen LogP contribution >= 0.6 is 0 Å². The smallest absolute Gasteiger partial charge is 0.416 e. The number of alkyl halides is 3. The lowest BCUT2D eigenvalue weighted by atomic mass is 10.1. The van der Waals surface area contributed by atoms with E-state index in [4.69, 9.17) is 4.74 Å². The lowest BCUT2D eigenvalue weighted by Crippen LogP contribution is -2.15. The zero-order chi connectivity index (χ0) is 15.5. The SMILES string of the molecule is CCOC(=O)c1nnnn1Cc1ccc(C(F)(F)F)cc1. The van der Waals surface area contributed by atoms with Gasteiger partial charge in [-0.3, -0.25) is 0 Å². The lowest BCUT2D eigenvalue weighted by molar-refractivity contribution is -0.137. The van der Waals surface area contributed by atoms with Crippen LogP contribution < -0.4 is 0 Å². The zero-order valence-electron chi connectivity index (χ0n) is 11.0. The molecule has 0 spiro atoms. The summed E-state index contributed by atoms with van der Waals surface area (Å²) in [6.45, 7) is 1.88. The first-order valence-corrected chi connectivity index (χ1v) is 6.01. The van der Waals surface area contributed by atoms with Crippen LogP contribution in [0.5, 0.6) is 0 Å². The zero-order valence-corrected chi connectivity index (χ0v) is 11.0. The van der Waals surface area contributed by atoms with E-state index in [9.17, 15) is 18.0 Å². The maximum absolute atomic E-state index is 12.5. The minimum absolute atomic E-state index is 0.0687. The van der Waals surface area contributed by atoms with Crippen molar-refractivity contribution in [1.29, 1.82) is 0 Å². The monoisotopic (exact) mass is 300 g/mol. The van der Waals surface area contributed by atoms with Gasteiger partial charge in [-0.15, -0.1) is 5.10 Å². The summed E-state index contributed by atoms with van der Waals surface area (Å²) in [5.41, 5.74) is -0.213. The van der Waals surface area contributed by atoms with Crippen LogP contribution in [-0.2, 0) is 17.5 Å². The van der Waals surface area contributed by atoms with E-state index in [0.717, 1.165) is 12.1 Å². The standard InChI is InChI=1S/C12H11F3N4O2/c1-2-21-11(20)10-16-17-18-19(10)7-8-3-5-9(6-4-8)12(13,14)15/h3-6H,2,7H2,1H3. The summed E-state index contributed by atoms with van der Waals surface area (Å²) in [7, 11) is 0. The molecule has 0 aliphatic carbocycles. The van der Waals surface area contributed by atoms with Crippen LogP contribution in [0.4, 0.5) is 13.2 Å². The molecule has 2 rings (SSSR count). The molecule has 2 aromatic rings. The molecule has 0 saturated heterocycles. The Labute approximate surface area is 117 Å². The summed E-state index contributed by atoms with van der Waals surface area (Å²) >= 11 is 0. The maximum atomic E-state index is 12.5. The number of hydrogen-bond donors (Lipinski definition) is 0. The molecule has 0 bridgehead atoms. The average Bonchev–Trinajstić information content (AvgIpc) is 2.87. The highest BCUT2D eigenvalue weighted by Gasteiger charge is 2.30. The number of hydrogen-bond acceptors (Lipinski definition) is 5. The van der Waals surface area contributed by atoms with Crippen molar-refractivity contribution in [3.8, 4) is 0 Å². The van der Waals surface area contributed by atoms with Gasteiger partial charge in [-0.1, -0.05) is 12.1 Å². The first-order chi connectivity index (χ1) is 9.91. The average molecular weight is 300 g/mol. The van der Waals surface area contributed by atoms with E-state index in [1.165, 1.54) is 16.8 Å². The third-order valence-corrected chi connectivity index (χ3v) is 2.60. The largest absolute Gasteiger partial charge is 0.460 e. The number of benzene rings is 1. The summed E-state index contributed by atoms with van der Waals surface area (Å²) < 4.78 is 43.3. The van der Waals surface area contributed by atoms with Gasteiger partial charge in [-0.05, 0) is 35.0 Å². The second-order valence-corrected chi connectivity index (χ2v) is 4.08. The van der Waals surface area contributed by atoms with Crippen molar-refractivity contribution >= 4 is 5.97 Å². The van der Waals surface area contributed by atoms with Crippen LogP contribution in [0.2, 0.25) is 0 Å². The third kappa shape index (κ3) is 3.56. The fourth-order valence-electron chi connectivity index (χ4n) is 1.63. The molecular weight excluding hydrogens is 289 g/mol. The second-order valence-electron chi connectivity index (χ2n) is 4.08. The predicted octanol–water partition coefficient (Wildman–Crippen LogP) is 1.92. The van der Waals surface area contributed by atoms with Crippen molar-refractivity contribution in [3.05, 3.63) is 41.2 Å². The lowest BCUT2D eigenvalue weighted by Gasteiger charge is -2.08. The molecule has 0 aliphatic rings. The van der Waals surface area contributed by atoms with Crippen LogP contribution in [0.15, 0.2) is 24.3 Å². The van der Waals surface area contributed by atoms with E-state index in [0.29, 0.717) is 5.56 Å². The Morgan fingerprint density at radius 3 is 2.52 bits per heavy atom. The van der Waals surface area contributed by atoms with Crippen LogP contribution in [0, 0.1) is 0 Å². The molecular formula is C12H11F3N4O2. The molecule has 0 N–H and O–H groups in total. The minimum atomic E-state index is -4.39. The summed E-state index contributed by atoms with van der Waals surface area (Å²) in [5, 5.41) is 10.5. The van der Waals surface area contributed by atoms with Crippen LogP contribution in [0.1, 0.15) is 28.7 Å². The van der Waals surface area contributed by atoms with Gasteiger partial charge in [0, 0.05) is 0 Å². The van der Waals surface area contributed by atoms with Crippen LogP contribution in [0.3, 0.4) is 0 Å². The van der Waals surface area contributed by atoms with E-state index in [1.807, 2.05) is 0 Å². The van der Waals surface area contributed by atoms with E-state index in [2.05, 4.69) is 15.5 Å². The van der Waals surface area contributed by atoms with Gasteiger partial charge >= 0.3 is 12.1 Å². The van der Waals surface area contributed by atoms with Gasteiger partial charge < -0.3 is 4.74 Å². The summed E-state index contributed by atoms with van der Waals surface area (Å²) in [6.07, 6.45) is -4.39. The number of ether oxygens (including phenoxy) is 1. The first kappa shape index (κ1) is 14.9. The van der Waals surface area contributed by atoms with Crippen LogP contribution in [0.25, 0.3) is 0 Å². The molecule has 6 nitrogen and oxygen atoms in total. The summed E-state index contributed by atoms with van der Waals surface area (Å²) in [6, 6.07) is 4.53. The highest BCUT2D eigenvalue weighted by atomic mass is 19.4. The normalized spacial score (nSPS) is 11.4. The van der Waals surface area contributed by atoms with Gasteiger partial charge in [0.25, 0.3) is 5.82 Å². The Morgan fingerprint density at radius 2 is 1.95 bits per heavy atom. The third-order valence-electron chi connectivity index (χ3n) is 2.60. The van der Waals surface area contributed by atoms with E-state index >= 15 is 0 Å². The van der Waals surface area contributed by atoms with Crippen molar-refractivity contribution < 1.29 is 22.7 Å². The number of nitrogens with zero attached hydrogens (tertiary/aromatic N) is 4. The van der Waals surface area contributed by atoms with Crippen molar-refractivity contribution in [1.82, 2.24) is 20.2 Å². The van der Waals surface area contributed by atoms with E-state index < -0.39 is 17.7 Å². The Morgan fingerprint density at radius 1 is 1.29 bits per heavy atom. The quantitative estimate of drug-likeness (QED) is 0.807. The Bertz CT molecular complexity index is 622. The topological polar surface area (TPSA) is 69.9 Å². The van der Waals surface area contributed by atoms with Crippen molar-refractivity contribution in [2.75, 3.05) is 6.61 Å². The maximum Gasteiger partial charge on any atom is 0.416 e. The highest BCUT2D eigenvalue weighted by Crippen LogP contribution is 2.29. The highest BCUT2D eigenvalue weighted by molar-refractivity contribution is 5.85. The van der Waals surface area contributed by atoms with E-state index in [1.54, 1.807) is 6.92 Å². The van der Waals surface area contributed by atoms with Gasteiger partial charge in [0.05, 0.1) is 18.7 Å². The van der Waals surface area contributed by atoms with Crippen molar-refractivity contribution in [2.24, 2.45) is 0 Å². The van der Waals surface area contributed by atoms with Crippen LogP contribution in [-0.4, -0.2) is 32.8 Å². The fourth-order valence-corrected chi connectivity index (χ4v) is 1.63. The van der Waals surface area contributed by atoms with Gasteiger partial charge in [-0.25, -0.2) is 9.48 Å². The molecule has 21 heavy (non-hydrogen) atoms. The fraction of sp³-hybridized carbons (Fsp3) is 0.333. The number of carbonyl (C=O) groups excluding carboxylic acids is 1. The summed E-state index contributed by atoms with van der Waals surface area (Å²) in [5.74, 6) is -0.786. The van der Waals surface area contributed by atoms with Crippen molar-refractivity contribution in [2.45, 2.75) is 19.6 Å². The van der Waals surface area contributed by atoms with E-state index in [-0.39, 0.29) is 19.0 Å². The van der Waals surface area contributed by atoms with Gasteiger partial charge in [0.1, 0.15) is 0 Å². The molecule has 0 amide bonds. The number of tetrazole rings is 1. The Balaban J connectivity index is 2.16. The molecule has 0 aliphatic heterocycles. The molecule has 112 valence electrons. The Hall–Kier alpha value is -2.45. The molecule has 0 unspecified atom stereocenters. The molecule has 1 aromatic heterocycles. The molecule has 9 heteroatoms. The van der Waals surface area contributed by atoms with Crippen molar-refractivity contribution in [3.63, 3.8) is 0 Å².